The van der Waals surface area contributed by atoms with Crippen molar-refractivity contribution in [2.24, 2.45) is 0 Å². The minimum Gasteiger partial charge on any atom is -0.495 e. The highest BCUT2D eigenvalue weighted by Gasteiger charge is 2.32. The number of sulfonamides is 1. The third-order valence-corrected chi connectivity index (χ3v) is 6.35. The molecule has 0 saturated carbocycles. The van der Waals surface area contributed by atoms with Crippen LogP contribution in [0, 0.1) is 10.1 Å². The van der Waals surface area contributed by atoms with Crippen LogP contribution < -0.4 is 13.8 Å². The molecule has 32 heavy (non-hydrogen) atoms. The molecule has 0 heterocycles. The third kappa shape index (κ3) is 4.82. The number of hydrogen-bond donors (Lipinski definition) is 0. The number of halogens is 1. The van der Waals surface area contributed by atoms with Gasteiger partial charge in [-0.25, -0.2) is 8.42 Å². The Balaban J connectivity index is 2.00. The van der Waals surface area contributed by atoms with E-state index in [1.54, 1.807) is 6.07 Å². The number of hydrogen-bond acceptors (Lipinski definition) is 7. The molecule has 166 valence electrons. The second-order valence-electron chi connectivity index (χ2n) is 6.31. The number of ether oxygens (including phenoxy) is 2. The van der Waals surface area contributed by atoms with Crippen molar-refractivity contribution >= 4 is 38.9 Å². The average molecular weight is 477 g/mol. The second-order valence-corrected chi connectivity index (χ2v) is 8.50. The maximum absolute atomic E-state index is 13.3. The molecule has 0 N–H and O–H groups in total. The normalized spacial score (nSPS) is 10.9. The first-order valence-corrected chi connectivity index (χ1v) is 10.9. The molecule has 0 aromatic heterocycles. The van der Waals surface area contributed by atoms with Crippen molar-refractivity contribution in [3.8, 4) is 11.5 Å². The Morgan fingerprint density at radius 1 is 1.03 bits per heavy atom. The Kier molecular flexibility index (Phi) is 6.96. The lowest BCUT2D eigenvalue weighted by atomic mass is 10.3. The Morgan fingerprint density at radius 3 is 2.31 bits per heavy atom. The molecule has 0 fully saturated rings. The SMILES string of the molecule is COc1ccc(N(C(=O)COc2ccccc2[N+](=O)[O-])S(=O)(=O)c2ccccc2)cc1Cl. The molecular weight excluding hydrogens is 460 g/mol. The fourth-order valence-corrected chi connectivity index (χ4v) is 4.50. The van der Waals surface area contributed by atoms with Crippen molar-refractivity contribution in [2.75, 3.05) is 18.0 Å². The molecule has 0 spiro atoms. The fraction of sp³-hybridized carbons (Fsp3) is 0.0952. The van der Waals surface area contributed by atoms with Crippen molar-refractivity contribution in [3.63, 3.8) is 0 Å². The summed E-state index contributed by atoms with van der Waals surface area (Å²) in [6.45, 7) is -0.777. The molecular formula is C21H17ClN2O7S. The predicted molar refractivity (Wildman–Crippen MR) is 118 cm³/mol. The number of amides is 1. The van der Waals surface area contributed by atoms with Crippen LogP contribution in [0.15, 0.2) is 77.7 Å². The molecule has 0 unspecified atom stereocenters. The van der Waals surface area contributed by atoms with Gasteiger partial charge in [-0.3, -0.25) is 14.9 Å². The quantitative estimate of drug-likeness (QED) is 0.355. The minimum absolute atomic E-state index is 0.0455. The predicted octanol–water partition coefficient (Wildman–Crippen LogP) is 4.06. The first-order valence-electron chi connectivity index (χ1n) is 9.08. The molecule has 11 heteroatoms. The van der Waals surface area contributed by atoms with E-state index in [4.69, 9.17) is 21.1 Å². The zero-order valence-electron chi connectivity index (χ0n) is 16.7. The van der Waals surface area contributed by atoms with Crippen molar-refractivity contribution in [2.45, 2.75) is 4.90 Å². The fourth-order valence-electron chi connectivity index (χ4n) is 2.82. The van der Waals surface area contributed by atoms with E-state index in [0.717, 1.165) is 0 Å². The number of rotatable bonds is 8. The highest BCUT2D eigenvalue weighted by Crippen LogP contribution is 2.32. The topological polar surface area (TPSA) is 116 Å². The number of methoxy groups -OCH3 is 1. The van der Waals surface area contributed by atoms with E-state index in [9.17, 15) is 23.3 Å². The molecule has 0 radical (unpaired) electrons. The number of nitro benzene ring substituents is 1. The van der Waals surface area contributed by atoms with Gasteiger partial charge in [0.1, 0.15) is 5.75 Å². The Labute approximate surface area is 189 Å². The van der Waals surface area contributed by atoms with Crippen LogP contribution >= 0.6 is 11.6 Å². The largest absolute Gasteiger partial charge is 0.495 e. The Hall–Kier alpha value is -3.63. The van der Waals surface area contributed by atoms with E-state index in [0.29, 0.717) is 4.31 Å². The van der Waals surface area contributed by atoms with Crippen LogP contribution in [0.5, 0.6) is 11.5 Å². The lowest BCUT2D eigenvalue weighted by molar-refractivity contribution is -0.385. The summed E-state index contributed by atoms with van der Waals surface area (Å²) >= 11 is 6.14. The van der Waals surface area contributed by atoms with E-state index in [1.165, 1.54) is 73.8 Å². The monoisotopic (exact) mass is 476 g/mol. The van der Waals surface area contributed by atoms with Gasteiger partial charge in [0.15, 0.2) is 12.4 Å². The summed E-state index contributed by atoms with van der Waals surface area (Å²) in [5.41, 5.74) is -0.402. The smallest absolute Gasteiger partial charge is 0.310 e. The summed E-state index contributed by atoms with van der Waals surface area (Å²) in [4.78, 5) is 23.4. The van der Waals surface area contributed by atoms with Crippen LogP contribution in [0.3, 0.4) is 0 Å². The van der Waals surface area contributed by atoms with Gasteiger partial charge in [-0.15, -0.1) is 0 Å². The summed E-state index contributed by atoms with van der Waals surface area (Å²) in [5, 5.41) is 11.3. The average Bonchev–Trinajstić information content (AvgIpc) is 2.78. The van der Waals surface area contributed by atoms with E-state index in [-0.39, 0.29) is 32.8 Å². The zero-order valence-corrected chi connectivity index (χ0v) is 18.2. The highest BCUT2D eigenvalue weighted by molar-refractivity contribution is 7.93. The molecule has 3 aromatic rings. The van der Waals surface area contributed by atoms with Gasteiger partial charge in [0.25, 0.3) is 15.9 Å². The van der Waals surface area contributed by atoms with Crippen LogP contribution in [0.25, 0.3) is 0 Å². The van der Waals surface area contributed by atoms with E-state index in [1.807, 2.05) is 0 Å². The maximum atomic E-state index is 13.3. The molecule has 0 aliphatic rings. The summed E-state index contributed by atoms with van der Waals surface area (Å²) in [5.74, 6) is -0.861. The first kappa shape index (κ1) is 23.0. The number of benzene rings is 3. The highest BCUT2D eigenvalue weighted by atomic mass is 35.5. The zero-order chi connectivity index (χ0) is 23.3. The molecule has 0 bridgehead atoms. The number of anilines is 1. The van der Waals surface area contributed by atoms with Crippen molar-refractivity contribution in [3.05, 3.63) is 87.9 Å². The molecule has 0 atom stereocenters. The molecule has 9 nitrogen and oxygen atoms in total. The standard InChI is InChI=1S/C21H17ClN2O7S/c1-30-19-12-11-15(13-17(19)22)23(32(28,29)16-7-3-2-4-8-16)21(25)14-31-20-10-6-5-9-18(20)24(26)27/h2-13H,14H2,1H3. The molecule has 3 rings (SSSR count). The van der Waals surface area contributed by atoms with Gasteiger partial charge in [0.05, 0.1) is 27.6 Å². The van der Waals surface area contributed by atoms with E-state index >= 15 is 0 Å². The van der Waals surface area contributed by atoms with E-state index in [2.05, 4.69) is 0 Å². The van der Waals surface area contributed by atoms with Gasteiger partial charge in [-0.1, -0.05) is 41.9 Å². The Morgan fingerprint density at radius 2 is 1.69 bits per heavy atom. The lowest BCUT2D eigenvalue weighted by Crippen LogP contribution is -2.40. The molecule has 1 amide bonds. The minimum atomic E-state index is -4.35. The van der Waals surface area contributed by atoms with Crippen LogP contribution in [0.4, 0.5) is 11.4 Å². The number of carbonyl (C=O) groups excluding carboxylic acids is 1. The van der Waals surface area contributed by atoms with Crippen LogP contribution in [0.1, 0.15) is 0 Å². The molecule has 0 aliphatic carbocycles. The van der Waals surface area contributed by atoms with Gasteiger partial charge in [0, 0.05) is 6.07 Å². The van der Waals surface area contributed by atoms with Gasteiger partial charge in [-0.2, -0.15) is 4.31 Å². The number of nitrogens with zero attached hydrogens (tertiary/aromatic N) is 2. The summed E-state index contributed by atoms with van der Waals surface area (Å²) in [6.07, 6.45) is 0. The van der Waals surface area contributed by atoms with Crippen LogP contribution in [-0.2, 0) is 14.8 Å². The summed E-state index contributed by atoms with van der Waals surface area (Å²) in [6, 6.07) is 16.8. The van der Waals surface area contributed by atoms with Gasteiger partial charge < -0.3 is 9.47 Å². The number of carbonyl (C=O) groups is 1. The lowest BCUT2D eigenvalue weighted by Gasteiger charge is -2.23. The van der Waals surface area contributed by atoms with Crippen LogP contribution in [-0.4, -0.2) is 33.0 Å². The van der Waals surface area contributed by atoms with Gasteiger partial charge >= 0.3 is 5.69 Å². The number of para-hydroxylation sites is 2. The van der Waals surface area contributed by atoms with Gasteiger partial charge in [0.2, 0.25) is 0 Å². The van der Waals surface area contributed by atoms with Crippen molar-refractivity contribution in [1.82, 2.24) is 0 Å². The van der Waals surface area contributed by atoms with Gasteiger partial charge in [-0.05, 0) is 36.4 Å². The van der Waals surface area contributed by atoms with Crippen molar-refractivity contribution in [1.29, 1.82) is 0 Å². The van der Waals surface area contributed by atoms with E-state index < -0.39 is 27.5 Å². The molecule has 0 aliphatic heterocycles. The number of nitro groups is 1. The summed E-state index contributed by atoms with van der Waals surface area (Å²) in [7, 11) is -2.96. The van der Waals surface area contributed by atoms with Crippen molar-refractivity contribution < 1.29 is 27.6 Å². The maximum Gasteiger partial charge on any atom is 0.310 e. The molecule has 0 saturated heterocycles. The first-order chi connectivity index (χ1) is 15.3. The summed E-state index contributed by atoms with van der Waals surface area (Å²) < 4.78 is 37.5. The third-order valence-electron chi connectivity index (χ3n) is 4.29. The Bertz CT molecular complexity index is 1250. The van der Waals surface area contributed by atoms with Crippen LogP contribution in [0.2, 0.25) is 5.02 Å². The second kappa shape index (κ2) is 9.67. The molecule has 3 aromatic carbocycles.